The first-order valence-electron chi connectivity index (χ1n) is 5.90. The van der Waals surface area contributed by atoms with E-state index in [1.165, 1.54) is 18.2 Å². The van der Waals surface area contributed by atoms with Gasteiger partial charge in [0, 0.05) is 7.11 Å². The third-order valence-corrected chi connectivity index (χ3v) is 2.60. The maximum atomic E-state index is 11.9. The molecule has 1 atom stereocenters. The standard InChI is InChI=1S/C13H19NO4/c1-3-5-9(8-18-2)14-13(17)10-6-4-7-11(15)12(10)16/h4,6-7,9,15-16H,3,5,8H2,1-2H3,(H,14,17). The summed E-state index contributed by atoms with van der Waals surface area (Å²) in [6.45, 7) is 2.43. The molecular formula is C13H19NO4. The second kappa shape index (κ2) is 6.86. The van der Waals surface area contributed by atoms with Crippen molar-refractivity contribution in [3.8, 4) is 11.5 Å². The first-order chi connectivity index (χ1) is 8.60. The Morgan fingerprint density at radius 2 is 2.17 bits per heavy atom. The Bertz CT molecular complexity index is 400. The zero-order valence-corrected chi connectivity index (χ0v) is 10.6. The van der Waals surface area contributed by atoms with Gasteiger partial charge in [-0.2, -0.15) is 0 Å². The number of amides is 1. The first kappa shape index (κ1) is 14.3. The fraction of sp³-hybridized carbons (Fsp3) is 0.462. The molecule has 1 rings (SSSR count). The zero-order chi connectivity index (χ0) is 13.5. The molecule has 0 aromatic heterocycles. The Morgan fingerprint density at radius 1 is 1.44 bits per heavy atom. The average Bonchev–Trinajstić information content (AvgIpc) is 2.33. The summed E-state index contributed by atoms with van der Waals surface area (Å²) in [7, 11) is 1.57. The maximum absolute atomic E-state index is 11.9. The highest BCUT2D eigenvalue weighted by atomic mass is 16.5. The molecule has 0 aliphatic heterocycles. The van der Waals surface area contributed by atoms with Crippen molar-refractivity contribution in [1.29, 1.82) is 0 Å². The summed E-state index contributed by atoms with van der Waals surface area (Å²) >= 11 is 0. The number of carbonyl (C=O) groups is 1. The molecular weight excluding hydrogens is 234 g/mol. The molecule has 1 amide bonds. The minimum atomic E-state index is -0.418. The molecule has 0 aliphatic rings. The summed E-state index contributed by atoms with van der Waals surface area (Å²) < 4.78 is 5.02. The van der Waals surface area contributed by atoms with E-state index in [4.69, 9.17) is 4.74 Å². The molecule has 5 heteroatoms. The van der Waals surface area contributed by atoms with Gasteiger partial charge in [-0.25, -0.2) is 0 Å². The lowest BCUT2D eigenvalue weighted by Gasteiger charge is -2.17. The molecule has 1 unspecified atom stereocenters. The number of nitrogens with one attached hydrogen (secondary N) is 1. The van der Waals surface area contributed by atoms with E-state index in [1.54, 1.807) is 7.11 Å². The summed E-state index contributed by atoms with van der Waals surface area (Å²) in [4.78, 5) is 11.9. The normalized spacial score (nSPS) is 12.1. The average molecular weight is 253 g/mol. The lowest BCUT2D eigenvalue weighted by atomic mass is 10.1. The number of phenolic OH excluding ortho intramolecular Hbond substituents is 2. The molecule has 1 aromatic rings. The molecule has 0 radical (unpaired) electrons. The quantitative estimate of drug-likeness (QED) is 0.673. The van der Waals surface area contributed by atoms with E-state index < -0.39 is 11.7 Å². The van der Waals surface area contributed by atoms with Crippen LogP contribution in [-0.2, 0) is 4.74 Å². The number of para-hydroxylation sites is 1. The minimum absolute atomic E-state index is 0.0622. The molecule has 0 bridgehead atoms. The molecule has 0 heterocycles. The molecule has 0 spiro atoms. The largest absolute Gasteiger partial charge is 0.504 e. The van der Waals surface area contributed by atoms with E-state index >= 15 is 0 Å². The number of hydrogen-bond donors (Lipinski definition) is 3. The van der Waals surface area contributed by atoms with E-state index in [0.29, 0.717) is 6.61 Å². The number of phenols is 2. The molecule has 3 N–H and O–H groups in total. The van der Waals surface area contributed by atoms with E-state index in [2.05, 4.69) is 5.32 Å². The molecule has 0 saturated carbocycles. The molecule has 18 heavy (non-hydrogen) atoms. The Hall–Kier alpha value is -1.75. The third-order valence-electron chi connectivity index (χ3n) is 2.60. The van der Waals surface area contributed by atoms with Gasteiger partial charge in [-0.15, -0.1) is 0 Å². The number of methoxy groups -OCH3 is 1. The van der Waals surface area contributed by atoms with Crippen LogP contribution in [0.15, 0.2) is 18.2 Å². The van der Waals surface area contributed by atoms with Crippen molar-refractivity contribution in [3.63, 3.8) is 0 Å². The SMILES string of the molecule is CCCC(COC)NC(=O)c1cccc(O)c1O. The molecule has 0 aliphatic carbocycles. The maximum Gasteiger partial charge on any atom is 0.255 e. The number of ether oxygens (including phenoxy) is 1. The van der Waals surface area contributed by atoms with Crippen molar-refractivity contribution < 1.29 is 19.7 Å². The smallest absolute Gasteiger partial charge is 0.255 e. The van der Waals surface area contributed by atoms with Crippen molar-refractivity contribution in [3.05, 3.63) is 23.8 Å². The van der Waals surface area contributed by atoms with Crippen LogP contribution in [0.3, 0.4) is 0 Å². The van der Waals surface area contributed by atoms with Gasteiger partial charge in [-0.05, 0) is 18.6 Å². The Morgan fingerprint density at radius 3 is 2.78 bits per heavy atom. The molecule has 5 nitrogen and oxygen atoms in total. The van der Waals surface area contributed by atoms with Crippen molar-refractivity contribution in [2.45, 2.75) is 25.8 Å². The van der Waals surface area contributed by atoms with Gasteiger partial charge in [-0.1, -0.05) is 19.4 Å². The second-order valence-corrected chi connectivity index (χ2v) is 4.09. The molecule has 0 fully saturated rings. The Labute approximate surface area is 106 Å². The summed E-state index contributed by atoms with van der Waals surface area (Å²) in [5.41, 5.74) is 0.0622. The van der Waals surface area contributed by atoms with Gasteiger partial charge in [-0.3, -0.25) is 4.79 Å². The van der Waals surface area contributed by atoms with Gasteiger partial charge in [0.15, 0.2) is 11.5 Å². The highest BCUT2D eigenvalue weighted by Crippen LogP contribution is 2.28. The van der Waals surface area contributed by atoms with Gasteiger partial charge < -0.3 is 20.3 Å². The van der Waals surface area contributed by atoms with Crippen LogP contribution in [-0.4, -0.2) is 35.9 Å². The predicted octanol–water partition coefficient (Wildman–Crippen LogP) is 1.64. The van der Waals surface area contributed by atoms with Gasteiger partial charge in [0.05, 0.1) is 18.2 Å². The number of hydrogen-bond acceptors (Lipinski definition) is 4. The zero-order valence-electron chi connectivity index (χ0n) is 10.6. The van der Waals surface area contributed by atoms with Crippen LogP contribution >= 0.6 is 0 Å². The van der Waals surface area contributed by atoms with Crippen LogP contribution in [0.5, 0.6) is 11.5 Å². The minimum Gasteiger partial charge on any atom is -0.504 e. The van der Waals surface area contributed by atoms with Crippen LogP contribution in [0.25, 0.3) is 0 Å². The van der Waals surface area contributed by atoms with Gasteiger partial charge in [0.1, 0.15) is 0 Å². The van der Waals surface area contributed by atoms with E-state index in [1.807, 2.05) is 6.92 Å². The molecule has 100 valence electrons. The lowest BCUT2D eigenvalue weighted by molar-refractivity contribution is 0.0888. The van der Waals surface area contributed by atoms with Crippen molar-refractivity contribution in [2.24, 2.45) is 0 Å². The second-order valence-electron chi connectivity index (χ2n) is 4.09. The van der Waals surface area contributed by atoms with E-state index in [0.717, 1.165) is 12.8 Å². The number of rotatable bonds is 6. The highest BCUT2D eigenvalue weighted by Gasteiger charge is 2.17. The van der Waals surface area contributed by atoms with Gasteiger partial charge in [0.25, 0.3) is 5.91 Å². The fourth-order valence-corrected chi connectivity index (χ4v) is 1.72. The Balaban J connectivity index is 2.77. The summed E-state index contributed by atoms with van der Waals surface area (Å²) in [5, 5.41) is 21.7. The summed E-state index contributed by atoms with van der Waals surface area (Å²) in [6, 6.07) is 4.19. The van der Waals surface area contributed by atoms with Crippen LogP contribution in [0.1, 0.15) is 30.1 Å². The van der Waals surface area contributed by atoms with E-state index in [-0.39, 0.29) is 17.4 Å². The molecule has 0 saturated heterocycles. The lowest BCUT2D eigenvalue weighted by Crippen LogP contribution is -2.37. The molecule has 1 aromatic carbocycles. The number of benzene rings is 1. The van der Waals surface area contributed by atoms with Gasteiger partial charge >= 0.3 is 0 Å². The van der Waals surface area contributed by atoms with Crippen LogP contribution in [0, 0.1) is 0 Å². The van der Waals surface area contributed by atoms with Crippen molar-refractivity contribution in [1.82, 2.24) is 5.32 Å². The highest BCUT2D eigenvalue weighted by molar-refractivity contribution is 5.97. The monoisotopic (exact) mass is 253 g/mol. The van der Waals surface area contributed by atoms with Crippen LogP contribution in [0.4, 0.5) is 0 Å². The van der Waals surface area contributed by atoms with Crippen molar-refractivity contribution in [2.75, 3.05) is 13.7 Å². The first-order valence-corrected chi connectivity index (χ1v) is 5.90. The summed E-state index contributed by atoms with van der Waals surface area (Å²) in [5.74, 6) is -1.12. The number of aromatic hydroxyl groups is 2. The van der Waals surface area contributed by atoms with E-state index in [9.17, 15) is 15.0 Å². The topological polar surface area (TPSA) is 78.8 Å². The number of carbonyl (C=O) groups excluding carboxylic acids is 1. The van der Waals surface area contributed by atoms with Crippen LogP contribution in [0.2, 0.25) is 0 Å². The van der Waals surface area contributed by atoms with Crippen LogP contribution < -0.4 is 5.32 Å². The fourth-order valence-electron chi connectivity index (χ4n) is 1.72. The third kappa shape index (κ3) is 3.63. The predicted molar refractivity (Wildman–Crippen MR) is 67.8 cm³/mol. The Kier molecular flexibility index (Phi) is 5.45. The van der Waals surface area contributed by atoms with Crippen molar-refractivity contribution >= 4 is 5.91 Å². The van der Waals surface area contributed by atoms with Gasteiger partial charge in [0.2, 0.25) is 0 Å². The summed E-state index contributed by atoms with van der Waals surface area (Å²) in [6.07, 6.45) is 1.71.